The third-order valence-corrected chi connectivity index (χ3v) is 5.63. The van der Waals surface area contributed by atoms with Crippen molar-refractivity contribution in [2.75, 3.05) is 19.0 Å². The Kier molecular flexibility index (Phi) is 5.14. The molecule has 0 aliphatic heterocycles. The van der Waals surface area contributed by atoms with Crippen molar-refractivity contribution in [3.8, 4) is 11.4 Å². The number of carbonyl (C=O) groups excluding carboxylic acids is 2. The van der Waals surface area contributed by atoms with Crippen LogP contribution in [0.1, 0.15) is 34.8 Å². The number of carbonyl (C=O) groups is 2. The van der Waals surface area contributed by atoms with Crippen molar-refractivity contribution in [1.82, 2.24) is 24.8 Å². The lowest BCUT2D eigenvalue weighted by atomic mass is 10.1. The molecular weight excluding hydrogens is 424 g/mol. The average Bonchev–Trinajstić information content (AvgIpc) is 3.23. The molecule has 0 spiro atoms. The summed E-state index contributed by atoms with van der Waals surface area (Å²) < 4.78 is 12.1. The van der Waals surface area contributed by atoms with E-state index in [4.69, 9.17) is 9.26 Å². The van der Waals surface area contributed by atoms with Gasteiger partial charge < -0.3 is 19.9 Å². The highest BCUT2D eigenvalue weighted by molar-refractivity contribution is 6.04. The van der Waals surface area contributed by atoms with Crippen molar-refractivity contribution in [2.45, 2.75) is 25.3 Å². The Labute approximate surface area is 189 Å². The maximum atomic E-state index is 12.9. The number of fused-ring (bicyclic) bond motifs is 1. The van der Waals surface area contributed by atoms with E-state index >= 15 is 0 Å². The minimum Gasteiger partial charge on any atom is -0.375 e. The number of ether oxygens (including phenoxy) is 1. The molecular formula is C23H22N6O4. The number of nitrogens with zero attached hydrogens (tertiary/aromatic N) is 4. The van der Waals surface area contributed by atoms with Gasteiger partial charge in [-0.15, -0.1) is 0 Å². The number of rotatable bonds is 7. The first-order chi connectivity index (χ1) is 16.0. The molecule has 3 heterocycles. The van der Waals surface area contributed by atoms with E-state index in [9.17, 15) is 9.59 Å². The Balaban J connectivity index is 1.37. The number of methoxy groups -OCH3 is 1. The standard InChI is InChI=1S/C23H22N6O4/c1-14-6-7-15(20-26-22(33-28-20)23(8-9-23)27-19(30)13-32-2)11-16(14)25-21(31)17-12-24-18-5-3-4-10-29(17)18/h3-7,10-12H,8-9,13H2,1-2H3,(H,25,31)(H,27,30). The van der Waals surface area contributed by atoms with Crippen LogP contribution in [-0.4, -0.2) is 45.1 Å². The summed E-state index contributed by atoms with van der Waals surface area (Å²) in [7, 11) is 1.47. The van der Waals surface area contributed by atoms with Gasteiger partial charge in [-0.3, -0.25) is 14.0 Å². The molecule has 1 aromatic carbocycles. The van der Waals surface area contributed by atoms with Crippen molar-refractivity contribution < 1.29 is 18.8 Å². The molecule has 1 aliphatic rings. The molecule has 2 amide bonds. The second kappa shape index (κ2) is 8.14. The van der Waals surface area contributed by atoms with Gasteiger partial charge in [0.05, 0.1) is 6.20 Å². The van der Waals surface area contributed by atoms with Crippen LogP contribution in [0.3, 0.4) is 0 Å². The molecule has 10 heteroatoms. The summed E-state index contributed by atoms with van der Waals surface area (Å²) in [6, 6.07) is 11.1. The SMILES string of the molecule is COCC(=O)NC1(c2nc(-c3ccc(C)c(NC(=O)c4cnc5ccccn45)c3)no2)CC1. The molecule has 1 saturated carbocycles. The van der Waals surface area contributed by atoms with E-state index < -0.39 is 5.54 Å². The summed E-state index contributed by atoms with van der Waals surface area (Å²) in [5.74, 6) is 0.226. The first-order valence-electron chi connectivity index (χ1n) is 10.5. The minimum absolute atomic E-state index is 0.0315. The van der Waals surface area contributed by atoms with E-state index in [-0.39, 0.29) is 18.4 Å². The van der Waals surface area contributed by atoms with Crippen LogP contribution >= 0.6 is 0 Å². The zero-order valence-corrected chi connectivity index (χ0v) is 18.2. The van der Waals surface area contributed by atoms with Gasteiger partial charge in [-0.05, 0) is 43.5 Å². The van der Waals surface area contributed by atoms with E-state index in [0.29, 0.717) is 34.3 Å². The predicted octanol–water partition coefficient (Wildman–Crippen LogP) is 2.70. The molecule has 168 valence electrons. The van der Waals surface area contributed by atoms with Gasteiger partial charge in [0, 0.05) is 24.6 Å². The summed E-state index contributed by atoms with van der Waals surface area (Å²) in [6.07, 6.45) is 4.78. The molecule has 0 bridgehead atoms. The van der Waals surface area contributed by atoms with Crippen molar-refractivity contribution in [3.05, 3.63) is 65.9 Å². The van der Waals surface area contributed by atoms with Gasteiger partial charge in [0.25, 0.3) is 11.8 Å². The number of aryl methyl sites for hydroxylation is 1. The molecule has 1 aliphatic carbocycles. The van der Waals surface area contributed by atoms with Crippen LogP contribution in [-0.2, 0) is 15.1 Å². The van der Waals surface area contributed by atoms with E-state index in [0.717, 1.165) is 18.4 Å². The van der Waals surface area contributed by atoms with Crippen LogP contribution in [0.5, 0.6) is 0 Å². The van der Waals surface area contributed by atoms with Crippen LogP contribution in [0.2, 0.25) is 0 Å². The molecule has 3 aromatic heterocycles. The Morgan fingerprint density at radius 2 is 2.09 bits per heavy atom. The predicted molar refractivity (Wildman–Crippen MR) is 119 cm³/mol. The van der Waals surface area contributed by atoms with Gasteiger partial charge in [0.2, 0.25) is 11.7 Å². The fourth-order valence-corrected chi connectivity index (χ4v) is 3.67. The van der Waals surface area contributed by atoms with Gasteiger partial charge in [-0.25, -0.2) is 4.98 Å². The van der Waals surface area contributed by atoms with Crippen LogP contribution in [0.15, 0.2) is 53.3 Å². The first-order valence-corrected chi connectivity index (χ1v) is 10.5. The number of benzene rings is 1. The third-order valence-electron chi connectivity index (χ3n) is 5.63. The van der Waals surface area contributed by atoms with Crippen LogP contribution in [0.25, 0.3) is 17.0 Å². The van der Waals surface area contributed by atoms with E-state index in [1.807, 2.05) is 37.3 Å². The second-order valence-corrected chi connectivity index (χ2v) is 8.04. The fraction of sp³-hybridized carbons (Fsp3) is 0.261. The Hall–Kier alpha value is -4.05. The van der Waals surface area contributed by atoms with Crippen molar-refractivity contribution in [2.24, 2.45) is 0 Å². The fourth-order valence-electron chi connectivity index (χ4n) is 3.67. The number of pyridine rings is 1. The van der Waals surface area contributed by atoms with Crippen molar-refractivity contribution in [3.63, 3.8) is 0 Å². The summed E-state index contributed by atoms with van der Waals surface area (Å²) in [5.41, 5.74) is 2.69. The molecule has 0 radical (unpaired) electrons. The molecule has 0 unspecified atom stereocenters. The Morgan fingerprint density at radius 3 is 2.88 bits per heavy atom. The molecule has 10 nitrogen and oxygen atoms in total. The molecule has 33 heavy (non-hydrogen) atoms. The van der Waals surface area contributed by atoms with E-state index in [1.165, 1.54) is 7.11 Å². The van der Waals surface area contributed by atoms with Gasteiger partial charge in [-0.1, -0.05) is 23.4 Å². The highest BCUT2D eigenvalue weighted by atomic mass is 16.5. The topological polar surface area (TPSA) is 124 Å². The lowest BCUT2D eigenvalue weighted by molar-refractivity contribution is -0.126. The van der Waals surface area contributed by atoms with Gasteiger partial charge in [0.15, 0.2) is 0 Å². The molecule has 0 saturated heterocycles. The normalized spacial score (nSPS) is 14.2. The smallest absolute Gasteiger partial charge is 0.274 e. The zero-order chi connectivity index (χ0) is 23.0. The third kappa shape index (κ3) is 3.96. The number of hydrogen-bond acceptors (Lipinski definition) is 7. The first kappa shape index (κ1) is 20.8. The van der Waals surface area contributed by atoms with E-state index in [2.05, 4.69) is 25.8 Å². The highest BCUT2D eigenvalue weighted by Crippen LogP contribution is 2.45. The summed E-state index contributed by atoms with van der Waals surface area (Å²) in [6.45, 7) is 1.87. The monoisotopic (exact) mass is 446 g/mol. The molecule has 1 fully saturated rings. The quantitative estimate of drug-likeness (QED) is 0.447. The second-order valence-electron chi connectivity index (χ2n) is 8.04. The Bertz CT molecular complexity index is 1350. The minimum atomic E-state index is -0.633. The maximum absolute atomic E-state index is 12.9. The lowest BCUT2D eigenvalue weighted by Gasteiger charge is -2.12. The molecule has 0 atom stereocenters. The van der Waals surface area contributed by atoms with Crippen LogP contribution in [0.4, 0.5) is 5.69 Å². The molecule has 2 N–H and O–H groups in total. The summed E-state index contributed by atoms with van der Waals surface area (Å²) >= 11 is 0. The van der Waals surface area contributed by atoms with E-state index in [1.54, 1.807) is 22.9 Å². The van der Waals surface area contributed by atoms with Crippen molar-refractivity contribution >= 4 is 23.1 Å². The zero-order valence-electron chi connectivity index (χ0n) is 18.2. The van der Waals surface area contributed by atoms with Crippen molar-refractivity contribution in [1.29, 1.82) is 0 Å². The maximum Gasteiger partial charge on any atom is 0.274 e. The van der Waals surface area contributed by atoms with Crippen LogP contribution in [0, 0.1) is 6.92 Å². The summed E-state index contributed by atoms with van der Waals surface area (Å²) in [5, 5.41) is 9.94. The van der Waals surface area contributed by atoms with Crippen LogP contribution < -0.4 is 10.6 Å². The number of anilines is 1. The molecule has 5 rings (SSSR count). The van der Waals surface area contributed by atoms with Gasteiger partial charge >= 0.3 is 0 Å². The average molecular weight is 446 g/mol. The number of hydrogen-bond donors (Lipinski definition) is 2. The number of aromatic nitrogens is 4. The Morgan fingerprint density at radius 1 is 1.24 bits per heavy atom. The van der Waals surface area contributed by atoms with Gasteiger partial charge in [-0.2, -0.15) is 4.98 Å². The highest BCUT2D eigenvalue weighted by Gasteiger charge is 2.50. The lowest BCUT2D eigenvalue weighted by Crippen LogP contribution is -2.37. The number of amides is 2. The van der Waals surface area contributed by atoms with Gasteiger partial charge in [0.1, 0.15) is 23.5 Å². The molecule has 4 aromatic rings. The largest absolute Gasteiger partial charge is 0.375 e. The summed E-state index contributed by atoms with van der Waals surface area (Å²) in [4.78, 5) is 33.6. The number of nitrogens with one attached hydrogen (secondary N) is 2. The number of imidazole rings is 1.